The van der Waals surface area contributed by atoms with Crippen LogP contribution in [0.15, 0.2) is 91.5 Å². The number of rotatable bonds is 8. The summed E-state index contributed by atoms with van der Waals surface area (Å²) in [6.07, 6.45) is 4.89. The Labute approximate surface area is 218 Å². The summed E-state index contributed by atoms with van der Waals surface area (Å²) in [4.78, 5) is 16.4. The minimum atomic E-state index is -1.11. The van der Waals surface area contributed by atoms with Gasteiger partial charge in [-0.15, -0.1) is 0 Å². The van der Waals surface area contributed by atoms with Crippen molar-refractivity contribution in [3.05, 3.63) is 113 Å². The maximum absolute atomic E-state index is 12.3. The fourth-order valence-corrected chi connectivity index (χ4v) is 4.54. The lowest BCUT2D eigenvalue weighted by Crippen LogP contribution is -2.34. The topological polar surface area (TPSA) is 74.6 Å². The van der Waals surface area contributed by atoms with Gasteiger partial charge in [0.25, 0.3) is 5.91 Å². The van der Waals surface area contributed by atoms with E-state index in [2.05, 4.69) is 10.3 Å². The summed E-state index contributed by atoms with van der Waals surface area (Å²) in [6.45, 7) is 0.951. The fourth-order valence-electron chi connectivity index (χ4n) is 3.99. The van der Waals surface area contributed by atoms with Crippen LogP contribution in [-0.2, 0) is 21.8 Å². The first kappa shape index (κ1) is 24.3. The molecule has 0 bridgehead atoms. The highest BCUT2D eigenvalue weighted by Crippen LogP contribution is 2.40. The first-order chi connectivity index (χ1) is 17.5. The third-order valence-corrected chi connectivity index (χ3v) is 6.28. The number of carbonyl (C=O) groups is 1. The highest BCUT2D eigenvalue weighted by molar-refractivity contribution is 6.35. The number of hydrogen-bond acceptors (Lipinski definition) is 5. The van der Waals surface area contributed by atoms with Gasteiger partial charge in [0.15, 0.2) is 0 Å². The van der Waals surface area contributed by atoms with Crippen LogP contribution in [0, 0.1) is 0 Å². The summed E-state index contributed by atoms with van der Waals surface area (Å²) < 4.78 is 20.4. The molecule has 5 rings (SSSR count). The summed E-state index contributed by atoms with van der Waals surface area (Å²) in [7, 11) is 0. The molecule has 184 valence electrons. The van der Waals surface area contributed by atoms with Gasteiger partial charge in [-0.3, -0.25) is 4.79 Å². The Bertz CT molecular complexity index is 1320. The number of hydrogen-bond donors (Lipinski definition) is 1. The summed E-state index contributed by atoms with van der Waals surface area (Å²) in [5, 5.41) is 3.86. The molecule has 0 unspecified atom stereocenters. The Balaban J connectivity index is 1.23. The standard InChI is InChI=1S/C27H23Cl2N3O4/c28-20-6-11-24(25(29)14-20)27(17-32-13-12-30-18-32)35-16-23(36-27)15-34-22-9-7-21(8-10-22)31-26(33)19-4-2-1-3-5-19/h1-14,18,23H,15-17H2,(H,31,33)/t23-,27-/m1/s1. The molecule has 1 aliphatic heterocycles. The van der Waals surface area contributed by atoms with Crippen molar-refractivity contribution in [2.45, 2.75) is 18.4 Å². The second-order valence-corrected chi connectivity index (χ2v) is 9.16. The third-order valence-electron chi connectivity index (χ3n) is 5.73. The Hall–Kier alpha value is -3.36. The van der Waals surface area contributed by atoms with E-state index in [0.717, 1.165) is 0 Å². The van der Waals surface area contributed by atoms with Crippen LogP contribution in [-0.4, -0.2) is 34.8 Å². The van der Waals surface area contributed by atoms with Crippen LogP contribution in [0.4, 0.5) is 5.69 Å². The molecule has 1 saturated heterocycles. The molecular weight excluding hydrogens is 501 g/mol. The van der Waals surface area contributed by atoms with Crippen LogP contribution >= 0.6 is 23.2 Å². The predicted molar refractivity (Wildman–Crippen MR) is 138 cm³/mol. The minimum Gasteiger partial charge on any atom is -0.491 e. The van der Waals surface area contributed by atoms with Crippen molar-refractivity contribution in [2.75, 3.05) is 18.5 Å². The quantitative estimate of drug-likeness (QED) is 0.316. The van der Waals surface area contributed by atoms with Gasteiger partial charge in [0.1, 0.15) is 18.5 Å². The van der Waals surface area contributed by atoms with Gasteiger partial charge in [0.2, 0.25) is 5.79 Å². The van der Waals surface area contributed by atoms with E-state index in [1.807, 2.05) is 35.0 Å². The van der Waals surface area contributed by atoms with E-state index in [1.54, 1.807) is 61.1 Å². The first-order valence-electron chi connectivity index (χ1n) is 11.3. The number of nitrogens with zero attached hydrogens (tertiary/aromatic N) is 2. The molecule has 2 atom stereocenters. The van der Waals surface area contributed by atoms with Crippen molar-refractivity contribution in [3.8, 4) is 5.75 Å². The summed E-state index contributed by atoms with van der Waals surface area (Å²) in [5.74, 6) is -0.633. The van der Waals surface area contributed by atoms with Crippen molar-refractivity contribution >= 4 is 34.8 Å². The molecule has 7 nitrogen and oxygen atoms in total. The van der Waals surface area contributed by atoms with E-state index in [0.29, 0.717) is 45.8 Å². The maximum atomic E-state index is 12.3. The largest absolute Gasteiger partial charge is 0.491 e. The second kappa shape index (κ2) is 10.7. The molecule has 0 spiro atoms. The molecule has 1 aliphatic rings. The number of imidazole rings is 1. The molecule has 0 aliphatic carbocycles. The second-order valence-electron chi connectivity index (χ2n) is 8.32. The number of amides is 1. The summed E-state index contributed by atoms with van der Waals surface area (Å²) in [6, 6.07) is 21.5. The lowest BCUT2D eigenvalue weighted by Gasteiger charge is -2.30. The number of anilines is 1. The van der Waals surface area contributed by atoms with E-state index < -0.39 is 5.79 Å². The van der Waals surface area contributed by atoms with E-state index in [-0.39, 0.29) is 18.6 Å². The fraction of sp³-hybridized carbons (Fsp3) is 0.185. The van der Waals surface area contributed by atoms with Gasteiger partial charge >= 0.3 is 0 Å². The zero-order valence-corrected chi connectivity index (χ0v) is 20.7. The van der Waals surface area contributed by atoms with E-state index in [9.17, 15) is 4.79 Å². The van der Waals surface area contributed by atoms with Crippen molar-refractivity contribution in [2.24, 2.45) is 0 Å². The molecule has 9 heteroatoms. The number of carbonyl (C=O) groups excluding carboxylic acids is 1. The number of ether oxygens (including phenoxy) is 3. The zero-order valence-electron chi connectivity index (χ0n) is 19.1. The molecule has 3 aromatic carbocycles. The Morgan fingerprint density at radius 2 is 1.92 bits per heavy atom. The highest BCUT2D eigenvalue weighted by atomic mass is 35.5. The molecule has 1 fully saturated rings. The van der Waals surface area contributed by atoms with Crippen LogP contribution in [0.3, 0.4) is 0 Å². The molecule has 0 radical (unpaired) electrons. The van der Waals surface area contributed by atoms with Crippen molar-refractivity contribution in [1.29, 1.82) is 0 Å². The smallest absolute Gasteiger partial charge is 0.255 e. The SMILES string of the molecule is O=C(Nc1ccc(OC[C@@H]2CO[C@@](Cn3ccnc3)(c3ccc(Cl)cc3Cl)O2)cc1)c1ccccc1. The zero-order chi connectivity index (χ0) is 25.0. The van der Waals surface area contributed by atoms with Crippen LogP contribution in [0.5, 0.6) is 5.75 Å². The highest BCUT2D eigenvalue weighted by Gasteiger charge is 2.45. The van der Waals surface area contributed by atoms with Crippen LogP contribution in [0.1, 0.15) is 15.9 Å². The van der Waals surface area contributed by atoms with Gasteiger partial charge < -0.3 is 24.1 Å². The van der Waals surface area contributed by atoms with Crippen LogP contribution < -0.4 is 10.1 Å². The minimum absolute atomic E-state index is 0.170. The summed E-state index contributed by atoms with van der Waals surface area (Å²) in [5.41, 5.74) is 1.95. The van der Waals surface area contributed by atoms with Gasteiger partial charge in [0, 0.05) is 34.2 Å². The third kappa shape index (κ3) is 5.55. The molecular formula is C27H23Cl2N3O4. The van der Waals surface area contributed by atoms with Gasteiger partial charge in [-0.05, 0) is 48.5 Å². The maximum Gasteiger partial charge on any atom is 0.255 e. The lowest BCUT2D eigenvalue weighted by molar-refractivity contribution is -0.189. The Morgan fingerprint density at radius 1 is 1.11 bits per heavy atom. The lowest BCUT2D eigenvalue weighted by atomic mass is 10.1. The van der Waals surface area contributed by atoms with E-state index >= 15 is 0 Å². The van der Waals surface area contributed by atoms with Gasteiger partial charge in [-0.1, -0.05) is 47.5 Å². The van der Waals surface area contributed by atoms with Crippen LogP contribution in [0.2, 0.25) is 10.0 Å². The molecule has 1 amide bonds. The Morgan fingerprint density at radius 3 is 2.64 bits per heavy atom. The molecule has 1 N–H and O–H groups in total. The number of halogens is 2. The predicted octanol–water partition coefficient (Wildman–Crippen LogP) is 5.79. The van der Waals surface area contributed by atoms with Crippen LogP contribution in [0.25, 0.3) is 0 Å². The monoisotopic (exact) mass is 523 g/mol. The van der Waals surface area contributed by atoms with Crippen molar-refractivity contribution in [3.63, 3.8) is 0 Å². The van der Waals surface area contributed by atoms with Crippen molar-refractivity contribution < 1.29 is 19.0 Å². The van der Waals surface area contributed by atoms with Gasteiger partial charge in [-0.2, -0.15) is 0 Å². The van der Waals surface area contributed by atoms with E-state index in [1.165, 1.54) is 0 Å². The van der Waals surface area contributed by atoms with E-state index in [4.69, 9.17) is 37.4 Å². The average molecular weight is 524 g/mol. The first-order valence-corrected chi connectivity index (χ1v) is 12.1. The number of nitrogens with one attached hydrogen (secondary N) is 1. The molecule has 0 saturated carbocycles. The van der Waals surface area contributed by atoms with Crippen molar-refractivity contribution in [1.82, 2.24) is 9.55 Å². The Kier molecular flexibility index (Phi) is 7.25. The molecule has 4 aromatic rings. The normalized spacial score (nSPS) is 19.2. The number of benzene rings is 3. The van der Waals surface area contributed by atoms with Gasteiger partial charge in [0.05, 0.1) is 24.5 Å². The molecule has 1 aromatic heterocycles. The number of aromatic nitrogens is 2. The van der Waals surface area contributed by atoms with Gasteiger partial charge in [-0.25, -0.2) is 4.98 Å². The molecule has 36 heavy (non-hydrogen) atoms. The average Bonchev–Trinajstić information content (AvgIpc) is 3.55. The molecule has 2 heterocycles. The summed E-state index contributed by atoms with van der Waals surface area (Å²) >= 11 is 12.6.